The zero-order valence-electron chi connectivity index (χ0n) is 12.0. The number of hydrogen-bond acceptors (Lipinski definition) is 3. The van der Waals surface area contributed by atoms with E-state index in [0.717, 1.165) is 31.3 Å². The van der Waals surface area contributed by atoms with Crippen molar-refractivity contribution in [1.82, 2.24) is 10.6 Å². The summed E-state index contributed by atoms with van der Waals surface area (Å²) in [6.45, 7) is 2.23. The molecule has 110 valence electrons. The lowest BCUT2D eigenvalue weighted by molar-refractivity contribution is -0.118. The van der Waals surface area contributed by atoms with Crippen LogP contribution in [0, 0.1) is 5.92 Å². The van der Waals surface area contributed by atoms with Crippen molar-refractivity contribution in [3.8, 4) is 0 Å². The lowest BCUT2D eigenvalue weighted by atomic mass is 9.88. The molecule has 1 saturated heterocycles. The predicted octanol–water partition coefficient (Wildman–Crippen LogP) is 1.54. The van der Waals surface area contributed by atoms with Crippen molar-refractivity contribution in [3.05, 3.63) is 0 Å². The maximum Gasteiger partial charge on any atom is 0.217 e. The number of amides is 1. The van der Waals surface area contributed by atoms with Gasteiger partial charge in [0.2, 0.25) is 5.91 Å². The number of rotatable bonds is 7. The molecule has 19 heavy (non-hydrogen) atoms. The molecule has 4 nitrogen and oxygen atoms in total. The van der Waals surface area contributed by atoms with Crippen molar-refractivity contribution in [2.45, 2.75) is 69.9 Å². The molecule has 1 heterocycles. The van der Waals surface area contributed by atoms with Gasteiger partial charge in [-0.3, -0.25) is 4.79 Å². The molecule has 4 N–H and O–H groups in total. The minimum atomic E-state index is -0.176. The van der Waals surface area contributed by atoms with Crippen LogP contribution in [-0.2, 0) is 4.79 Å². The smallest absolute Gasteiger partial charge is 0.217 e. The van der Waals surface area contributed by atoms with Gasteiger partial charge in [-0.05, 0) is 57.5 Å². The Hall–Kier alpha value is -0.610. The van der Waals surface area contributed by atoms with E-state index >= 15 is 0 Å². The van der Waals surface area contributed by atoms with E-state index in [1.165, 1.54) is 45.1 Å². The lowest BCUT2D eigenvalue weighted by Crippen LogP contribution is -2.47. The molecule has 1 amide bonds. The van der Waals surface area contributed by atoms with Gasteiger partial charge >= 0.3 is 0 Å². The first kappa shape index (κ1) is 14.8. The second kappa shape index (κ2) is 7.85. The van der Waals surface area contributed by atoms with Crippen molar-refractivity contribution >= 4 is 5.91 Å². The van der Waals surface area contributed by atoms with Crippen LogP contribution in [0.1, 0.15) is 57.8 Å². The van der Waals surface area contributed by atoms with Gasteiger partial charge in [-0.2, -0.15) is 0 Å². The molecule has 2 rings (SSSR count). The van der Waals surface area contributed by atoms with Crippen molar-refractivity contribution in [2.24, 2.45) is 11.7 Å². The largest absolute Gasteiger partial charge is 0.370 e. The molecule has 3 unspecified atom stereocenters. The highest BCUT2D eigenvalue weighted by Crippen LogP contribution is 2.31. The Morgan fingerprint density at radius 1 is 1.16 bits per heavy atom. The van der Waals surface area contributed by atoms with Crippen LogP contribution in [0.3, 0.4) is 0 Å². The first-order chi connectivity index (χ1) is 9.27. The fraction of sp³-hybridized carbons (Fsp3) is 0.933. The summed E-state index contributed by atoms with van der Waals surface area (Å²) in [5.41, 5.74) is 5.15. The predicted molar refractivity (Wildman–Crippen MR) is 77.8 cm³/mol. The molecule has 0 aromatic carbocycles. The highest BCUT2D eigenvalue weighted by molar-refractivity contribution is 5.73. The number of nitrogens with two attached hydrogens (primary N) is 1. The molecule has 1 aliphatic heterocycles. The topological polar surface area (TPSA) is 67.2 Å². The van der Waals surface area contributed by atoms with Crippen LogP contribution >= 0.6 is 0 Å². The minimum absolute atomic E-state index is 0.176. The highest BCUT2D eigenvalue weighted by Gasteiger charge is 2.33. The standard InChI is InChI=1S/C15H29N3O/c16-15(19)9-2-4-11-18-14-8-5-6-12(14)13-7-1-3-10-17-13/h12-14,17-18H,1-11H2,(H2,16,19). The maximum atomic E-state index is 10.7. The highest BCUT2D eigenvalue weighted by atomic mass is 16.1. The van der Waals surface area contributed by atoms with Crippen molar-refractivity contribution in [3.63, 3.8) is 0 Å². The van der Waals surface area contributed by atoms with Crippen molar-refractivity contribution in [1.29, 1.82) is 0 Å². The Morgan fingerprint density at radius 2 is 2.05 bits per heavy atom. The molecule has 0 aromatic heterocycles. The van der Waals surface area contributed by atoms with Gasteiger partial charge in [0.1, 0.15) is 0 Å². The second-order valence-corrected chi connectivity index (χ2v) is 6.14. The Balaban J connectivity index is 1.65. The third kappa shape index (κ3) is 4.77. The molecule has 1 aliphatic carbocycles. The summed E-state index contributed by atoms with van der Waals surface area (Å²) in [5.74, 6) is 0.640. The first-order valence-electron chi connectivity index (χ1n) is 8.02. The van der Waals surface area contributed by atoms with Gasteiger partial charge in [-0.25, -0.2) is 0 Å². The summed E-state index contributed by atoms with van der Waals surface area (Å²) in [7, 11) is 0. The fourth-order valence-corrected chi connectivity index (χ4v) is 3.68. The maximum absolute atomic E-state index is 10.7. The van der Waals surface area contributed by atoms with Gasteiger partial charge in [0, 0.05) is 18.5 Å². The number of hydrogen-bond donors (Lipinski definition) is 3. The second-order valence-electron chi connectivity index (χ2n) is 6.14. The molecule has 0 aromatic rings. The zero-order valence-corrected chi connectivity index (χ0v) is 12.0. The van der Waals surface area contributed by atoms with Crippen LogP contribution in [0.25, 0.3) is 0 Å². The number of carbonyl (C=O) groups excluding carboxylic acids is 1. The van der Waals surface area contributed by atoms with Crippen LogP contribution in [0.15, 0.2) is 0 Å². The van der Waals surface area contributed by atoms with Gasteiger partial charge in [-0.1, -0.05) is 12.8 Å². The van der Waals surface area contributed by atoms with E-state index in [1.54, 1.807) is 0 Å². The number of piperidine rings is 1. The quantitative estimate of drug-likeness (QED) is 0.613. The first-order valence-corrected chi connectivity index (χ1v) is 8.02. The molecule has 0 bridgehead atoms. The monoisotopic (exact) mass is 267 g/mol. The van der Waals surface area contributed by atoms with Gasteiger partial charge in [-0.15, -0.1) is 0 Å². The third-order valence-electron chi connectivity index (χ3n) is 4.69. The molecular weight excluding hydrogens is 238 g/mol. The average molecular weight is 267 g/mol. The van der Waals surface area contributed by atoms with E-state index in [4.69, 9.17) is 5.73 Å². The molecule has 3 atom stereocenters. The van der Waals surface area contributed by atoms with Crippen LogP contribution in [0.4, 0.5) is 0 Å². The molecule has 0 radical (unpaired) electrons. The molecular formula is C15H29N3O. The van der Waals surface area contributed by atoms with Gasteiger partial charge in [0.25, 0.3) is 0 Å². The number of primary amides is 1. The molecule has 4 heteroatoms. The van der Waals surface area contributed by atoms with Gasteiger partial charge < -0.3 is 16.4 Å². The summed E-state index contributed by atoms with van der Waals surface area (Å²) in [5, 5.41) is 7.42. The minimum Gasteiger partial charge on any atom is -0.370 e. The van der Waals surface area contributed by atoms with E-state index in [-0.39, 0.29) is 5.91 Å². The van der Waals surface area contributed by atoms with E-state index in [1.807, 2.05) is 0 Å². The molecule has 1 saturated carbocycles. The van der Waals surface area contributed by atoms with Gasteiger partial charge in [0.05, 0.1) is 0 Å². The summed E-state index contributed by atoms with van der Waals surface area (Å²) in [6, 6.07) is 1.42. The molecule has 2 fully saturated rings. The van der Waals surface area contributed by atoms with Crippen LogP contribution in [0.5, 0.6) is 0 Å². The normalized spacial score (nSPS) is 31.5. The van der Waals surface area contributed by atoms with Crippen LogP contribution in [-0.4, -0.2) is 31.1 Å². The average Bonchev–Trinajstić information content (AvgIpc) is 2.87. The van der Waals surface area contributed by atoms with Crippen molar-refractivity contribution in [2.75, 3.05) is 13.1 Å². The summed E-state index contributed by atoms with van der Waals surface area (Å²) < 4.78 is 0. The number of carbonyl (C=O) groups is 1. The van der Waals surface area contributed by atoms with Crippen molar-refractivity contribution < 1.29 is 4.79 Å². The van der Waals surface area contributed by atoms with Crippen LogP contribution < -0.4 is 16.4 Å². The lowest BCUT2D eigenvalue weighted by Gasteiger charge is -2.33. The Morgan fingerprint density at radius 3 is 2.79 bits per heavy atom. The SMILES string of the molecule is NC(=O)CCCCNC1CCCC1C1CCCCN1. The summed E-state index contributed by atoms with van der Waals surface area (Å²) in [6.07, 6.45) is 10.6. The molecule has 0 spiro atoms. The van der Waals surface area contributed by atoms with Gasteiger partial charge in [0.15, 0.2) is 0 Å². The van der Waals surface area contributed by atoms with E-state index < -0.39 is 0 Å². The van der Waals surface area contributed by atoms with Crippen LogP contribution in [0.2, 0.25) is 0 Å². The zero-order chi connectivity index (χ0) is 13.5. The summed E-state index contributed by atoms with van der Waals surface area (Å²) >= 11 is 0. The number of unbranched alkanes of at least 4 members (excludes halogenated alkanes) is 1. The third-order valence-corrected chi connectivity index (χ3v) is 4.69. The number of nitrogens with one attached hydrogen (secondary N) is 2. The Labute approximate surface area is 116 Å². The van der Waals surface area contributed by atoms with E-state index in [2.05, 4.69) is 10.6 Å². The molecule has 2 aliphatic rings. The summed E-state index contributed by atoms with van der Waals surface area (Å²) in [4.78, 5) is 10.7. The Kier molecular flexibility index (Phi) is 6.11. The van der Waals surface area contributed by atoms with E-state index in [0.29, 0.717) is 12.5 Å². The van der Waals surface area contributed by atoms with E-state index in [9.17, 15) is 4.79 Å². The fourth-order valence-electron chi connectivity index (χ4n) is 3.68. The Bertz CT molecular complexity index is 277.